The molecule has 0 fully saturated rings. The maximum Gasteiger partial charge on any atom is 0.355 e. The minimum atomic E-state index is -0.962. The number of rotatable bonds is 2. The Kier molecular flexibility index (Phi) is 4.48. The topological polar surface area (TPSA) is 50.2 Å². The minimum Gasteiger partial charge on any atom is -0.476 e. The molecule has 0 aromatic carbocycles. The van der Waals surface area contributed by atoms with Gasteiger partial charge in [-0.1, -0.05) is 11.8 Å². The van der Waals surface area contributed by atoms with Crippen LogP contribution in [-0.4, -0.2) is 22.3 Å². The smallest absolute Gasteiger partial charge is 0.355 e. The number of thioether (sulfide) groups is 1. The second-order valence-corrected chi connectivity index (χ2v) is 3.42. The molecule has 1 rings (SSSR count). The molecule has 0 spiro atoms. The molecule has 0 radical (unpaired) electrons. The standard InChI is InChI=1S/C5H5NO2S2.ClH/c1-9-5-6-3(2-10-5)4(7)8;/h2H,1H3,(H,7,8);1H. The Morgan fingerprint density at radius 3 is 2.73 bits per heavy atom. The van der Waals surface area contributed by atoms with Crippen molar-refractivity contribution in [3.8, 4) is 0 Å². The maximum atomic E-state index is 10.3. The summed E-state index contributed by atoms with van der Waals surface area (Å²) >= 11 is 2.80. The summed E-state index contributed by atoms with van der Waals surface area (Å²) in [6, 6.07) is 0. The number of nitrogens with zero attached hydrogens (tertiary/aromatic N) is 1. The molecule has 0 atom stereocenters. The molecule has 0 aliphatic heterocycles. The highest BCUT2D eigenvalue weighted by Crippen LogP contribution is 2.19. The molecule has 0 amide bonds. The van der Waals surface area contributed by atoms with Crippen LogP contribution in [0.15, 0.2) is 9.72 Å². The van der Waals surface area contributed by atoms with Gasteiger partial charge in [0.25, 0.3) is 0 Å². The molecule has 1 aromatic rings. The molecule has 62 valence electrons. The number of hydrogen-bond acceptors (Lipinski definition) is 4. The fourth-order valence-corrected chi connectivity index (χ4v) is 1.69. The van der Waals surface area contributed by atoms with Gasteiger partial charge in [-0.15, -0.1) is 23.7 Å². The molecular weight excluding hydrogens is 206 g/mol. The highest BCUT2D eigenvalue weighted by molar-refractivity contribution is 8.00. The fourth-order valence-electron chi connectivity index (χ4n) is 0.449. The van der Waals surface area contributed by atoms with Crippen LogP contribution < -0.4 is 0 Å². The van der Waals surface area contributed by atoms with Crippen LogP contribution in [-0.2, 0) is 0 Å². The van der Waals surface area contributed by atoms with Crippen molar-refractivity contribution in [2.45, 2.75) is 4.34 Å². The first-order valence-electron chi connectivity index (χ1n) is 2.47. The van der Waals surface area contributed by atoms with E-state index in [2.05, 4.69) is 4.98 Å². The Bertz CT molecular complexity index is 250. The van der Waals surface area contributed by atoms with Crippen molar-refractivity contribution in [2.24, 2.45) is 0 Å². The SMILES string of the molecule is CSc1nc(C(=O)O)cs1.Cl. The van der Waals surface area contributed by atoms with E-state index in [0.717, 1.165) is 4.34 Å². The largest absolute Gasteiger partial charge is 0.476 e. The lowest BCUT2D eigenvalue weighted by Crippen LogP contribution is -1.95. The molecule has 0 saturated carbocycles. The first-order valence-corrected chi connectivity index (χ1v) is 4.57. The molecule has 1 heterocycles. The number of hydrogen-bond donors (Lipinski definition) is 1. The Balaban J connectivity index is 0.000001000. The van der Waals surface area contributed by atoms with Crippen molar-refractivity contribution in [1.29, 1.82) is 0 Å². The third-order valence-corrected chi connectivity index (χ3v) is 2.74. The second-order valence-electron chi connectivity index (χ2n) is 1.51. The molecule has 0 aliphatic carbocycles. The van der Waals surface area contributed by atoms with E-state index in [9.17, 15) is 4.79 Å². The number of aromatic nitrogens is 1. The third kappa shape index (κ3) is 2.69. The fraction of sp³-hybridized carbons (Fsp3) is 0.200. The highest BCUT2D eigenvalue weighted by Gasteiger charge is 2.06. The Morgan fingerprint density at radius 2 is 2.45 bits per heavy atom. The van der Waals surface area contributed by atoms with Crippen LogP contribution in [0, 0.1) is 0 Å². The van der Waals surface area contributed by atoms with Crippen LogP contribution in [0.25, 0.3) is 0 Å². The van der Waals surface area contributed by atoms with Crippen LogP contribution in [0.3, 0.4) is 0 Å². The number of halogens is 1. The van der Waals surface area contributed by atoms with E-state index in [1.54, 1.807) is 0 Å². The summed E-state index contributed by atoms with van der Waals surface area (Å²) in [6.07, 6.45) is 1.87. The molecular formula is C5H6ClNO2S2. The zero-order valence-electron chi connectivity index (χ0n) is 5.60. The van der Waals surface area contributed by atoms with Crippen LogP contribution in [0.1, 0.15) is 10.5 Å². The zero-order valence-corrected chi connectivity index (χ0v) is 8.05. The minimum absolute atomic E-state index is 0. The summed E-state index contributed by atoms with van der Waals surface area (Å²) in [4.78, 5) is 14.1. The van der Waals surface area contributed by atoms with Crippen molar-refractivity contribution in [2.75, 3.05) is 6.26 Å². The first-order chi connectivity index (χ1) is 4.74. The molecule has 1 N–H and O–H groups in total. The second kappa shape index (κ2) is 4.58. The number of aromatic carboxylic acids is 1. The van der Waals surface area contributed by atoms with Gasteiger partial charge >= 0.3 is 5.97 Å². The highest BCUT2D eigenvalue weighted by atomic mass is 35.5. The van der Waals surface area contributed by atoms with Gasteiger partial charge in [0.15, 0.2) is 10.0 Å². The summed E-state index contributed by atoms with van der Waals surface area (Å²) in [5.74, 6) is -0.962. The molecule has 6 heteroatoms. The van der Waals surface area contributed by atoms with E-state index in [1.165, 1.54) is 28.5 Å². The molecule has 0 aliphatic rings. The number of carboxylic acid groups (broad SMARTS) is 1. The van der Waals surface area contributed by atoms with Crippen LogP contribution in [0.4, 0.5) is 0 Å². The van der Waals surface area contributed by atoms with Crippen molar-refractivity contribution >= 4 is 41.5 Å². The number of carboxylic acids is 1. The quantitative estimate of drug-likeness (QED) is 0.761. The molecule has 3 nitrogen and oxygen atoms in total. The zero-order chi connectivity index (χ0) is 7.56. The van der Waals surface area contributed by atoms with E-state index in [1.807, 2.05) is 6.26 Å². The van der Waals surface area contributed by atoms with E-state index in [-0.39, 0.29) is 18.1 Å². The molecule has 0 saturated heterocycles. The lowest BCUT2D eigenvalue weighted by Gasteiger charge is -1.82. The van der Waals surface area contributed by atoms with Gasteiger partial charge in [-0.25, -0.2) is 9.78 Å². The van der Waals surface area contributed by atoms with Crippen molar-refractivity contribution < 1.29 is 9.90 Å². The van der Waals surface area contributed by atoms with E-state index >= 15 is 0 Å². The van der Waals surface area contributed by atoms with Crippen molar-refractivity contribution in [3.05, 3.63) is 11.1 Å². The van der Waals surface area contributed by atoms with Crippen LogP contribution in [0.2, 0.25) is 0 Å². The van der Waals surface area contributed by atoms with Gasteiger partial charge < -0.3 is 5.11 Å². The summed E-state index contributed by atoms with van der Waals surface area (Å²) in [5.41, 5.74) is 0.134. The average molecular weight is 212 g/mol. The van der Waals surface area contributed by atoms with Gasteiger partial charge in [-0.05, 0) is 6.26 Å². The van der Waals surface area contributed by atoms with Gasteiger partial charge in [0.05, 0.1) is 0 Å². The predicted molar refractivity (Wildman–Crippen MR) is 48.1 cm³/mol. The van der Waals surface area contributed by atoms with Crippen molar-refractivity contribution in [1.82, 2.24) is 4.98 Å². The monoisotopic (exact) mass is 211 g/mol. The van der Waals surface area contributed by atoms with E-state index in [0.29, 0.717) is 0 Å². The lowest BCUT2D eigenvalue weighted by atomic mass is 10.5. The predicted octanol–water partition coefficient (Wildman–Crippen LogP) is 1.98. The maximum absolute atomic E-state index is 10.3. The number of thiazole rings is 1. The summed E-state index contributed by atoms with van der Waals surface area (Å²) in [7, 11) is 0. The Labute approximate surface area is 78.3 Å². The summed E-state index contributed by atoms with van der Waals surface area (Å²) < 4.78 is 0.789. The Morgan fingerprint density at radius 1 is 1.82 bits per heavy atom. The third-order valence-electron chi connectivity index (χ3n) is 0.877. The number of carbonyl (C=O) groups is 1. The molecule has 0 bridgehead atoms. The van der Waals surface area contributed by atoms with Gasteiger partial charge in [-0.3, -0.25) is 0 Å². The molecule has 1 aromatic heterocycles. The van der Waals surface area contributed by atoms with Crippen LogP contribution in [0.5, 0.6) is 0 Å². The Hall–Kier alpha value is -0.260. The van der Waals surface area contributed by atoms with E-state index < -0.39 is 5.97 Å². The summed E-state index contributed by atoms with van der Waals surface area (Å²) in [5, 5.41) is 9.96. The normalized spacial score (nSPS) is 8.82. The molecule has 11 heavy (non-hydrogen) atoms. The van der Waals surface area contributed by atoms with Gasteiger partial charge in [0.1, 0.15) is 0 Å². The van der Waals surface area contributed by atoms with Gasteiger partial charge in [-0.2, -0.15) is 0 Å². The van der Waals surface area contributed by atoms with E-state index in [4.69, 9.17) is 5.11 Å². The molecule has 0 unspecified atom stereocenters. The van der Waals surface area contributed by atoms with Crippen molar-refractivity contribution in [3.63, 3.8) is 0 Å². The first kappa shape index (κ1) is 10.7. The van der Waals surface area contributed by atoms with Crippen LogP contribution >= 0.6 is 35.5 Å². The van der Waals surface area contributed by atoms with Gasteiger partial charge in [0, 0.05) is 5.38 Å². The lowest BCUT2D eigenvalue weighted by molar-refractivity contribution is 0.0691. The summed E-state index contributed by atoms with van der Waals surface area (Å²) in [6.45, 7) is 0. The van der Waals surface area contributed by atoms with Gasteiger partial charge in [0.2, 0.25) is 0 Å². The average Bonchev–Trinajstić information content (AvgIpc) is 2.34.